The number of nitrogens with zero attached hydrogens (tertiary/aromatic N) is 2. The summed E-state index contributed by atoms with van der Waals surface area (Å²) in [6, 6.07) is 32.2. The van der Waals surface area contributed by atoms with Gasteiger partial charge in [-0.15, -0.1) is 47.6 Å². The molecule has 0 aliphatic carbocycles. The van der Waals surface area contributed by atoms with Crippen molar-refractivity contribution < 1.29 is 32.9 Å². The van der Waals surface area contributed by atoms with Crippen LogP contribution in [-0.4, -0.2) is 25.3 Å². The monoisotopic (exact) mass is 711 g/mol. The molecule has 1 N–H and O–H groups in total. The van der Waals surface area contributed by atoms with E-state index >= 15 is 0 Å². The smallest absolute Gasteiger partial charge is 0.536 e. The zero-order valence-corrected chi connectivity index (χ0v) is 24.2. The molecule has 4 aromatic carbocycles. The molecule has 39 heavy (non-hydrogen) atoms. The first-order valence-corrected chi connectivity index (χ1v) is 13.3. The van der Waals surface area contributed by atoms with Crippen LogP contribution in [-0.2, 0) is 29.9 Å². The molecular formula is C31H24IrN3O3S. The molecule has 1 aliphatic heterocycles. The first kappa shape index (κ1) is 28.0. The summed E-state index contributed by atoms with van der Waals surface area (Å²) in [4.78, 5) is 6.53. The molecule has 0 bridgehead atoms. The molecular weight excluding hydrogens is 687 g/mol. The minimum absolute atomic E-state index is 0. The summed E-state index contributed by atoms with van der Waals surface area (Å²) in [7, 11) is -1.59. The maximum absolute atomic E-state index is 12.9. The Kier molecular flexibility index (Phi) is 8.82. The van der Waals surface area contributed by atoms with Crippen molar-refractivity contribution in [1.29, 1.82) is 0 Å². The number of aromatic nitrogens is 1. The third kappa shape index (κ3) is 6.04. The Morgan fingerprint density at radius 2 is 1.74 bits per heavy atom. The second-order valence-corrected chi connectivity index (χ2v) is 10.3. The van der Waals surface area contributed by atoms with Crippen molar-refractivity contribution in [3.8, 4) is 33.7 Å². The number of hydrogen-bond donors (Lipinski definition) is 1. The van der Waals surface area contributed by atoms with Gasteiger partial charge in [-0.2, -0.15) is 24.9 Å². The van der Waals surface area contributed by atoms with Gasteiger partial charge in [0.05, 0.1) is 22.3 Å². The number of oxazole rings is 1. The number of hydrogen-bond acceptors (Lipinski definition) is 6. The average molecular weight is 711 g/mol. The van der Waals surface area contributed by atoms with E-state index in [0.29, 0.717) is 15.7 Å². The minimum Gasteiger partial charge on any atom is -0.536 e. The fourth-order valence-electron chi connectivity index (χ4n) is 3.99. The summed E-state index contributed by atoms with van der Waals surface area (Å²) in [6.07, 6.45) is 4.86. The van der Waals surface area contributed by atoms with Crippen molar-refractivity contribution in [2.24, 2.45) is 0 Å². The third-order valence-corrected chi connectivity index (χ3v) is 7.82. The molecule has 0 saturated heterocycles. The van der Waals surface area contributed by atoms with E-state index in [0.717, 1.165) is 33.5 Å². The predicted octanol–water partition coefficient (Wildman–Crippen LogP) is 6.71. The molecule has 8 heteroatoms. The van der Waals surface area contributed by atoms with Gasteiger partial charge in [0.15, 0.2) is 0 Å². The molecule has 5 aromatic rings. The molecule has 2 heterocycles. The second-order valence-electron chi connectivity index (χ2n) is 8.44. The number of benzene rings is 4. The van der Waals surface area contributed by atoms with Crippen molar-refractivity contribution in [1.82, 2.24) is 9.88 Å². The van der Waals surface area contributed by atoms with Gasteiger partial charge in [0.1, 0.15) is 5.89 Å². The van der Waals surface area contributed by atoms with Crippen LogP contribution in [0.5, 0.6) is 0 Å². The molecule has 1 aromatic heterocycles. The van der Waals surface area contributed by atoms with E-state index in [1.54, 1.807) is 48.4 Å². The van der Waals surface area contributed by atoms with Crippen molar-refractivity contribution in [2.75, 3.05) is 12.4 Å². The van der Waals surface area contributed by atoms with Crippen LogP contribution in [0.4, 0.5) is 5.69 Å². The quantitative estimate of drug-likeness (QED) is 0.194. The molecule has 0 fully saturated rings. The van der Waals surface area contributed by atoms with E-state index in [2.05, 4.69) is 29.0 Å². The Morgan fingerprint density at radius 3 is 2.44 bits per heavy atom. The standard InChI is InChI=1S/C22H18N2O2S.C9H6NO.Ir/c1-3-24(2)15-23-18-11-8-16(9-12-18)17-10-13-20-19-6-4-5-7-21(19)27(25,26)22(20)14-17;1-2-4-8(5-3-1)9-10-6-7-11-9;/h3-11,13-15,23H,1H2,2H3;1-4,6-7H;/q-2;-1;+3. The van der Waals surface area contributed by atoms with Crippen LogP contribution in [0.3, 0.4) is 0 Å². The molecule has 0 unspecified atom stereocenters. The van der Waals surface area contributed by atoms with Crippen LogP contribution >= 0.6 is 0 Å². The Balaban J connectivity index is 0.000000246. The van der Waals surface area contributed by atoms with Gasteiger partial charge < -0.3 is 14.6 Å². The van der Waals surface area contributed by atoms with Crippen LogP contribution < -0.4 is 5.32 Å². The summed E-state index contributed by atoms with van der Waals surface area (Å²) >= 11 is 0. The Labute approximate surface area is 242 Å². The van der Waals surface area contributed by atoms with Gasteiger partial charge in [0.2, 0.25) is 9.84 Å². The van der Waals surface area contributed by atoms with Gasteiger partial charge in [-0.1, -0.05) is 48.0 Å². The van der Waals surface area contributed by atoms with Gasteiger partial charge in [-0.25, -0.2) is 8.42 Å². The largest absolute Gasteiger partial charge is 3.00 e. The Hall–Kier alpha value is -3.97. The number of sulfone groups is 1. The van der Waals surface area contributed by atoms with Crippen molar-refractivity contribution in [3.63, 3.8) is 0 Å². The average Bonchev–Trinajstić information content (AvgIpc) is 3.59. The topological polar surface area (TPSA) is 75.4 Å². The molecule has 0 amide bonds. The van der Waals surface area contributed by atoms with E-state index in [1.807, 2.05) is 73.8 Å². The summed E-state index contributed by atoms with van der Waals surface area (Å²) in [5, 5.41) is 3.12. The van der Waals surface area contributed by atoms with E-state index in [4.69, 9.17) is 4.42 Å². The maximum atomic E-state index is 12.9. The molecule has 196 valence electrons. The zero-order chi connectivity index (χ0) is 26.5. The van der Waals surface area contributed by atoms with E-state index < -0.39 is 9.84 Å². The van der Waals surface area contributed by atoms with Gasteiger partial charge in [0.25, 0.3) is 0 Å². The number of nitrogens with one attached hydrogen (secondary N) is 1. The SMILES string of the molecule is C=CN(C)[CH-]Nc1[c-]cc(-c2ccc3c(c2)S(=O)(=O)c2ccccc2-3)cc1.[Ir+3].[c-]1ccccc1-c1ncco1. The molecule has 6 rings (SSSR count). The maximum Gasteiger partial charge on any atom is 3.00 e. The van der Waals surface area contributed by atoms with Gasteiger partial charge in [-0.3, -0.25) is 4.98 Å². The van der Waals surface area contributed by atoms with Crippen molar-refractivity contribution in [2.45, 2.75) is 9.79 Å². The minimum atomic E-state index is -3.47. The van der Waals surface area contributed by atoms with Crippen LogP contribution in [0.15, 0.2) is 124 Å². The van der Waals surface area contributed by atoms with E-state index in [1.165, 1.54) is 0 Å². The Morgan fingerprint density at radius 1 is 0.974 bits per heavy atom. The van der Waals surface area contributed by atoms with Crippen LogP contribution in [0.1, 0.15) is 0 Å². The summed E-state index contributed by atoms with van der Waals surface area (Å²) < 4.78 is 30.8. The number of rotatable bonds is 6. The van der Waals surface area contributed by atoms with Crippen LogP contribution in [0, 0.1) is 18.8 Å². The fourth-order valence-corrected chi connectivity index (χ4v) is 5.70. The number of fused-ring (bicyclic) bond motifs is 3. The molecule has 6 nitrogen and oxygen atoms in total. The third-order valence-electron chi connectivity index (χ3n) is 5.97. The molecule has 1 aliphatic rings. The second kappa shape index (κ2) is 12.3. The number of anilines is 1. The van der Waals surface area contributed by atoms with Crippen molar-refractivity contribution >= 4 is 15.5 Å². The van der Waals surface area contributed by atoms with Crippen molar-refractivity contribution in [3.05, 3.63) is 129 Å². The summed E-state index contributed by atoms with van der Waals surface area (Å²) in [5.74, 6) is 0.616. The normalized spacial score (nSPS) is 12.1. The molecule has 0 radical (unpaired) electrons. The van der Waals surface area contributed by atoms with Gasteiger partial charge in [-0.05, 0) is 25.4 Å². The molecule has 0 spiro atoms. The first-order chi connectivity index (χ1) is 18.5. The van der Waals surface area contributed by atoms with Crippen LogP contribution in [0.2, 0.25) is 0 Å². The Bertz CT molecular complexity index is 1650. The van der Waals surface area contributed by atoms with Gasteiger partial charge in [0, 0.05) is 11.1 Å². The first-order valence-electron chi connectivity index (χ1n) is 11.8. The summed E-state index contributed by atoms with van der Waals surface area (Å²) in [5.41, 5.74) is 4.99. The van der Waals surface area contributed by atoms with Gasteiger partial charge >= 0.3 is 20.1 Å². The van der Waals surface area contributed by atoms with E-state index in [-0.39, 0.29) is 20.1 Å². The zero-order valence-electron chi connectivity index (χ0n) is 21.0. The summed E-state index contributed by atoms with van der Waals surface area (Å²) in [6.45, 7) is 5.45. The van der Waals surface area contributed by atoms with E-state index in [9.17, 15) is 8.42 Å². The fraction of sp³-hybridized carbons (Fsp3) is 0.0323. The predicted molar refractivity (Wildman–Crippen MR) is 148 cm³/mol. The molecule has 0 atom stereocenters. The molecule has 0 saturated carbocycles. The van der Waals surface area contributed by atoms with Crippen LogP contribution in [0.25, 0.3) is 33.7 Å².